The Hall–Kier alpha value is -1.09. The van der Waals surface area contributed by atoms with Gasteiger partial charge in [0.2, 0.25) is 0 Å². The minimum Gasteiger partial charge on any atom is -0.369 e. The Balaban J connectivity index is 1.97. The molecule has 1 saturated heterocycles. The highest BCUT2D eigenvalue weighted by Crippen LogP contribution is 2.23. The van der Waals surface area contributed by atoms with Gasteiger partial charge in [0.15, 0.2) is 0 Å². The molecule has 0 amide bonds. The number of benzene rings is 1. The second kappa shape index (κ2) is 7.63. The maximum absolute atomic E-state index is 14.3. The largest absolute Gasteiger partial charge is 0.369 e. The predicted molar refractivity (Wildman–Crippen MR) is 83.6 cm³/mol. The van der Waals surface area contributed by atoms with Crippen LogP contribution in [-0.2, 0) is 6.54 Å². The fourth-order valence-corrected chi connectivity index (χ4v) is 2.73. The van der Waals surface area contributed by atoms with E-state index in [9.17, 15) is 4.39 Å². The number of rotatable bonds is 5. The van der Waals surface area contributed by atoms with Crippen LogP contribution in [0.5, 0.6) is 0 Å². The summed E-state index contributed by atoms with van der Waals surface area (Å²) in [4.78, 5) is 2.20. The third-order valence-corrected chi connectivity index (χ3v) is 3.84. The molecule has 1 aliphatic rings. The first-order valence-corrected chi connectivity index (χ1v) is 7.91. The monoisotopic (exact) mass is 278 g/mol. The molecule has 1 heterocycles. The summed E-state index contributed by atoms with van der Waals surface area (Å²) in [7, 11) is 0. The maximum Gasteiger partial charge on any atom is 0.146 e. The van der Waals surface area contributed by atoms with Gasteiger partial charge in [-0.25, -0.2) is 4.39 Å². The first kappa shape index (κ1) is 15.3. The van der Waals surface area contributed by atoms with E-state index in [-0.39, 0.29) is 5.82 Å². The van der Waals surface area contributed by atoms with Crippen molar-refractivity contribution in [3.63, 3.8) is 0 Å². The van der Waals surface area contributed by atoms with Crippen LogP contribution in [0.3, 0.4) is 0 Å². The van der Waals surface area contributed by atoms with Gasteiger partial charge in [-0.3, -0.25) is 0 Å². The van der Waals surface area contributed by atoms with Crippen LogP contribution < -0.4 is 10.2 Å². The van der Waals surface area contributed by atoms with Gasteiger partial charge in [0.05, 0.1) is 5.69 Å². The molecular weight excluding hydrogens is 251 g/mol. The molecule has 3 heteroatoms. The van der Waals surface area contributed by atoms with Crippen molar-refractivity contribution in [3.8, 4) is 0 Å². The van der Waals surface area contributed by atoms with E-state index in [0.29, 0.717) is 5.92 Å². The molecule has 0 aromatic heterocycles. The second-order valence-corrected chi connectivity index (χ2v) is 6.21. The standard InChI is InChI=1S/C17H27FN2/c1-14(2)12-19-13-15-7-8-17(16(18)11-15)20-9-5-3-4-6-10-20/h7-8,11,14,19H,3-6,9-10,12-13H2,1-2H3. The Kier molecular flexibility index (Phi) is 5.84. The Morgan fingerprint density at radius 1 is 1.15 bits per heavy atom. The van der Waals surface area contributed by atoms with E-state index in [0.717, 1.165) is 37.4 Å². The van der Waals surface area contributed by atoms with Gasteiger partial charge in [0, 0.05) is 19.6 Å². The minimum absolute atomic E-state index is 0.0734. The SMILES string of the molecule is CC(C)CNCc1ccc(N2CCCCCC2)c(F)c1. The first-order chi connectivity index (χ1) is 9.66. The van der Waals surface area contributed by atoms with Crippen LogP contribution in [-0.4, -0.2) is 19.6 Å². The van der Waals surface area contributed by atoms with Crippen molar-refractivity contribution in [1.29, 1.82) is 0 Å². The van der Waals surface area contributed by atoms with Gasteiger partial charge in [0.25, 0.3) is 0 Å². The number of nitrogens with zero attached hydrogens (tertiary/aromatic N) is 1. The molecule has 1 fully saturated rings. The highest BCUT2D eigenvalue weighted by molar-refractivity contribution is 5.49. The quantitative estimate of drug-likeness (QED) is 0.877. The van der Waals surface area contributed by atoms with Crippen LogP contribution in [0.25, 0.3) is 0 Å². The van der Waals surface area contributed by atoms with Gasteiger partial charge >= 0.3 is 0 Å². The topological polar surface area (TPSA) is 15.3 Å². The van der Waals surface area contributed by atoms with Crippen molar-refractivity contribution in [1.82, 2.24) is 5.32 Å². The molecule has 0 spiro atoms. The normalized spacial score (nSPS) is 16.5. The van der Waals surface area contributed by atoms with Crippen LogP contribution in [0, 0.1) is 11.7 Å². The fraction of sp³-hybridized carbons (Fsp3) is 0.647. The molecule has 1 aromatic rings. The molecule has 0 unspecified atom stereocenters. The Bertz CT molecular complexity index is 409. The van der Waals surface area contributed by atoms with Gasteiger partial charge in [0.1, 0.15) is 5.82 Å². The summed E-state index contributed by atoms with van der Waals surface area (Å²) in [6, 6.07) is 5.69. The Morgan fingerprint density at radius 3 is 2.45 bits per heavy atom. The molecule has 0 bridgehead atoms. The molecule has 2 nitrogen and oxygen atoms in total. The summed E-state index contributed by atoms with van der Waals surface area (Å²) in [6.07, 6.45) is 4.90. The van der Waals surface area contributed by atoms with E-state index in [1.165, 1.54) is 25.7 Å². The van der Waals surface area contributed by atoms with Gasteiger partial charge in [-0.2, -0.15) is 0 Å². The molecule has 2 rings (SSSR count). The summed E-state index contributed by atoms with van der Waals surface area (Å²) in [5.41, 5.74) is 1.81. The average Bonchev–Trinajstić information content (AvgIpc) is 2.67. The molecule has 1 N–H and O–H groups in total. The van der Waals surface area contributed by atoms with E-state index in [1.807, 2.05) is 6.07 Å². The van der Waals surface area contributed by atoms with Crippen molar-refractivity contribution in [2.75, 3.05) is 24.5 Å². The van der Waals surface area contributed by atoms with E-state index >= 15 is 0 Å². The molecule has 0 atom stereocenters. The molecule has 20 heavy (non-hydrogen) atoms. The summed E-state index contributed by atoms with van der Waals surface area (Å²) >= 11 is 0. The fourth-order valence-electron chi connectivity index (χ4n) is 2.73. The third kappa shape index (κ3) is 4.48. The molecular formula is C17H27FN2. The van der Waals surface area contributed by atoms with Crippen LogP contribution in [0.1, 0.15) is 45.1 Å². The van der Waals surface area contributed by atoms with Crippen LogP contribution >= 0.6 is 0 Å². The lowest BCUT2D eigenvalue weighted by atomic mass is 10.1. The maximum atomic E-state index is 14.3. The lowest BCUT2D eigenvalue weighted by Crippen LogP contribution is -2.25. The zero-order chi connectivity index (χ0) is 14.4. The number of hydrogen-bond acceptors (Lipinski definition) is 2. The summed E-state index contributed by atoms with van der Waals surface area (Å²) in [5.74, 6) is 0.548. The predicted octanol–water partition coefficient (Wildman–Crippen LogP) is 3.95. The third-order valence-electron chi connectivity index (χ3n) is 3.84. The van der Waals surface area contributed by atoms with Crippen LogP contribution in [0.15, 0.2) is 18.2 Å². The van der Waals surface area contributed by atoms with E-state index < -0.39 is 0 Å². The lowest BCUT2D eigenvalue weighted by molar-refractivity contribution is 0.549. The van der Waals surface area contributed by atoms with Crippen molar-refractivity contribution < 1.29 is 4.39 Å². The molecule has 1 aromatic carbocycles. The van der Waals surface area contributed by atoms with Crippen molar-refractivity contribution >= 4 is 5.69 Å². The molecule has 1 aliphatic heterocycles. The highest BCUT2D eigenvalue weighted by Gasteiger charge is 2.14. The Labute approximate surface area is 122 Å². The molecule has 112 valence electrons. The van der Waals surface area contributed by atoms with Crippen molar-refractivity contribution in [3.05, 3.63) is 29.6 Å². The first-order valence-electron chi connectivity index (χ1n) is 7.91. The molecule has 0 radical (unpaired) electrons. The summed E-state index contributed by atoms with van der Waals surface area (Å²) in [5, 5.41) is 3.36. The van der Waals surface area contributed by atoms with E-state index in [1.54, 1.807) is 6.07 Å². The average molecular weight is 278 g/mol. The van der Waals surface area contributed by atoms with E-state index in [2.05, 4.69) is 30.1 Å². The molecule has 0 aliphatic carbocycles. The number of halogens is 1. The zero-order valence-electron chi connectivity index (χ0n) is 12.8. The Morgan fingerprint density at radius 2 is 1.85 bits per heavy atom. The molecule has 0 saturated carbocycles. The van der Waals surface area contributed by atoms with Crippen molar-refractivity contribution in [2.24, 2.45) is 5.92 Å². The number of anilines is 1. The minimum atomic E-state index is -0.0734. The van der Waals surface area contributed by atoms with Gasteiger partial charge in [-0.1, -0.05) is 32.8 Å². The lowest BCUT2D eigenvalue weighted by Gasteiger charge is -2.23. The van der Waals surface area contributed by atoms with Crippen LogP contribution in [0.4, 0.5) is 10.1 Å². The smallest absolute Gasteiger partial charge is 0.146 e. The number of nitrogens with one attached hydrogen (secondary N) is 1. The van der Waals surface area contributed by atoms with Gasteiger partial charge < -0.3 is 10.2 Å². The van der Waals surface area contributed by atoms with Crippen molar-refractivity contribution in [2.45, 2.75) is 46.1 Å². The van der Waals surface area contributed by atoms with Gasteiger partial charge in [-0.05, 0) is 43.0 Å². The van der Waals surface area contributed by atoms with Gasteiger partial charge in [-0.15, -0.1) is 0 Å². The van der Waals surface area contributed by atoms with Crippen LogP contribution in [0.2, 0.25) is 0 Å². The number of hydrogen-bond donors (Lipinski definition) is 1. The second-order valence-electron chi connectivity index (χ2n) is 6.21. The highest BCUT2D eigenvalue weighted by atomic mass is 19.1. The van der Waals surface area contributed by atoms with E-state index in [4.69, 9.17) is 0 Å². The summed E-state index contributed by atoms with van der Waals surface area (Å²) in [6.45, 7) is 8.04. The summed E-state index contributed by atoms with van der Waals surface area (Å²) < 4.78 is 14.3. The zero-order valence-corrected chi connectivity index (χ0v) is 12.8.